The van der Waals surface area contributed by atoms with E-state index in [1.807, 2.05) is 12.1 Å². The molecule has 0 radical (unpaired) electrons. The first-order valence-electron chi connectivity index (χ1n) is 5.14. The largest absolute Gasteiger partial charge is 0.497 e. The Kier molecular flexibility index (Phi) is 4.43. The van der Waals surface area contributed by atoms with Crippen molar-refractivity contribution in [2.75, 3.05) is 20.8 Å². The Morgan fingerprint density at radius 1 is 1.20 bits per heavy atom. The van der Waals surface area contributed by atoms with Gasteiger partial charge >= 0.3 is 0 Å². The highest BCUT2D eigenvalue weighted by molar-refractivity contribution is 5.46. The molecule has 0 aliphatic heterocycles. The minimum Gasteiger partial charge on any atom is -0.497 e. The van der Waals surface area contributed by atoms with Crippen molar-refractivity contribution < 1.29 is 9.47 Å². The van der Waals surface area contributed by atoms with E-state index in [0.29, 0.717) is 6.54 Å². The van der Waals surface area contributed by atoms with Crippen LogP contribution < -0.4 is 15.2 Å². The molecule has 0 heterocycles. The maximum absolute atomic E-state index is 5.51. The standard InChI is InChI=1S/C12H19NO2/c1-9-7-10(14-2)8-12(15-3)11(9)5-4-6-13/h7-8H,4-6,13H2,1-3H3. The number of hydrogen-bond donors (Lipinski definition) is 1. The van der Waals surface area contributed by atoms with Gasteiger partial charge in [-0.25, -0.2) is 0 Å². The van der Waals surface area contributed by atoms with E-state index < -0.39 is 0 Å². The summed E-state index contributed by atoms with van der Waals surface area (Å²) in [6.07, 6.45) is 1.93. The van der Waals surface area contributed by atoms with Gasteiger partial charge in [-0.05, 0) is 43.5 Å². The molecule has 0 saturated heterocycles. The van der Waals surface area contributed by atoms with Gasteiger partial charge < -0.3 is 15.2 Å². The van der Waals surface area contributed by atoms with Crippen molar-refractivity contribution in [3.63, 3.8) is 0 Å². The van der Waals surface area contributed by atoms with Crippen molar-refractivity contribution in [1.29, 1.82) is 0 Å². The zero-order chi connectivity index (χ0) is 11.3. The first-order chi connectivity index (χ1) is 7.22. The predicted molar refractivity (Wildman–Crippen MR) is 61.7 cm³/mol. The molecule has 0 unspecified atom stereocenters. The third-order valence-corrected chi connectivity index (χ3v) is 2.49. The maximum Gasteiger partial charge on any atom is 0.126 e. The Morgan fingerprint density at radius 2 is 1.93 bits per heavy atom. The molecule has 3 nitrogen and oxygen atoms in total. The molecule has 2 N–H and O–H groups in total. The predicted octanol–water partition coefficient (Wildman–Crippen LogP) is 1.90. The van der Waals surface area contributed by atoms with Crippen LogP contribution in [0.2, 0.25) is 0 Å². The van der Waals surface area contributed by atoms with E-state index in [0.717, 1.165) is 24.3 Å². The van der Waals surface area contributed by atoms with Gasteiger partial charge in [-0.3, -0.25) is 0 Å². The molecule has 0 aliphatic carbocycles. The van der Waals surface area contributed by atoms with E-state index in [9.17, 15) is 0 Å². The van der Waals surface area contributed by atoms with E-state index in [2.05, 4.69) is 6.92 Å². The van der Waals surface area contributed by atoms with Gasteiger partial charge in [-0.15, -0.1) is 0 Å². The van der Waals surface area contributed by atoms with Gasteiger partial charge in [0.1, 0.15) is 11.5 Å². The Bertz CT molecular complexity index is 324. The lowest BCUT2D eigenvalue weighted by Gasteiger charge is -2.13. The van der Waals surface area contributed by atoms with E-state index >= 15 is 0 Å². The van der Waals surface area contributed by atoms with Crippen LogP contribution in [-0.4, -0.2) is 20.8 Å². The fraction of sp³-hybridized carbons (Fsp3) is 0.500. The summed E-state index contributed by atoms with van der Waals surface area (Å²) in [5, 5.41) is 0. The quantitative estimate of drug-likeness (QED) is 0.805. The molecule has 0 aliphatic rings. The zero-order valence-corrected chi connectivity index (χ0v) is 9.67. The molecule has 0 aromatic heterocycles. The van der Waals surface area contributed by atoms with Crippen LogP contribution in [0.3, 0.4) is 0 Å². The minimum atomic E-state index is 0.703. The molecule has 0 amide bonds. The highest BCUT2D eigenvalue weighted by Crippen LogP contribution is 2.29. The molecule has 84 valence electrons. The van der Waals surface area contributed by atoms with Crippen molar-refractivity contribution in [1.82, 2.24) is 0 Å². The van der Waals surface area contributed by atoms with Crippen LogP contribution in [0.25, 0.3) is 0 Å². The van der Waals surface area contributed by atoms with Gasteiger partial charge in [-0.1, -0.05) is 0 Å². The Balaban J connectivity index is 3.01. The maximum atomic E-state index is 5.51. The summed E-state index contributed by atoms with van der Waals surface area (Å²) in [6.45, 7) is 2.77. The average Bonchev–Trinajstić information content (AvgIpc) is 2.26. The van der Waals surface area contributed by atoms with E-state index in [1.165, 1.54) is 11.1 Å². The first-order valence-corrected chi connectivity index (χ1v) is 5.14. The lowest BCUT2D eigenvalue weighted by atomic mass is 10.0. The molecular formula is C12H19NO2. The highest BCUT2D eigenvalue weighted by Gasteiger charge is 2.08. The second-order valence-corrected chi connectivity index (χ2v) is 3.52. The van der Waals surface area contributed by atoms with Gasteiger partial charge in [0.05, 0.1) is 14.2 Å². The molecule has 1 aromatic carbocycles. The minimum absolute atomic E-state index is 0.703. The smallest absolute Gasteiger partial charge is 0.126 e. The number of aryl methyl sites for hydroxylation is 1. The van der Waals surface area contributed by atoms with Crippen molar-refractivity contribution in [2.24, 2.45) is 5.73 Å². The number of benzene rings is 1. The summed E-state index contributed by atoms with van der Waals surface area (Å²) in [5.41, 5.74) is 7.93. The second-order valence-electron chi connectivity index (χ2n) is 3.52. The van der Waals surface area contributed by atoms with Gasteiger partial charge in [0.2, 0.25) is 0 Å². The van der Waals surface area contributed by atoms with Crippen LogP contribution in [-0.2, 0) is 6.42 Å². The molecule has 0 bridgehead atoms. The SMILES string of the molecule is COc1cc(C)c(CCCN)c(OC)c1. The molecule has 3 heteroatoms. The topological polar surface area (TPSA) is 44.5 Å². The fourth-order valence-corrected chi connectivity index (χ4v) is 1.65. The fourth-order valence-electron chi connectivity index (χ4n) is 1.65. The summed E-state index contributed by atoms with van der Waals surface area (Å²) < 4.78 is 10.5. The molecule has 15 heavy (non-hydrogen) atoms. The van der Waals surface area contributed by atoms with E-state index in [4.69, 9.17) is 15.2 Å². The lowest BCUT2D eigenvalue weighted by molar-refractivity contribution is 0.390. The molecule has 0 saturated carbocycles. The number of methoxy groups -OCH3 is 2. The highest BCUT2D eigenvalue weighted by atomic mass is 16.5. The zero-order valence-electron chi connectivity index (χ0n) is 9.67. The molecule has 1 rings (SSSR count). The third kappa shape index (κ3) is 2.86. The first kappa shape index (κ1) is 11.9. The third-order valence-electron chi connectivity index (χ3n) is 2.49. The van der Waals surface area contributed by atoms with Gasteiger partial charge in [0.25, 0.3) is 0 Å². The molecule has 1 aromatic rings. The normalized spacial score (nSPS) is 10.1. The average molecular weight is 209 g/mol. The van der Waals surface area contributed by atoms with Gasteiger partial charge in [-0.2, -0.15) is 0 Å². The summed E-state index contributed by atoms with van der Waals surface area (Å²) >= 11 is 0. The summed E-state index contributed by atoms with van der Waals surface area (Å²) in [6, 6.07) is 3.94. The van der Waals surface area contributed by atoms with Crippen LogP contribution in [0.15, 0.2) is 12.1 Å². The monoisotopic (exact) mass is 209 g/mol. The van der Waals surface area contributed by atoms with Gasteiger partial charge in [0.15, 0.2) is 0 Å². The van der Waals surface area contributed by atoms with Crippen LogP contribution in [0, 0.1) is 6.92 Å². The Hall–Kier alpha value is -1.22. The van der Waals surface area contributed by atoms with Gasteiger partial charge in [0, 0.05) is 6.07 Å². The molecule has 0 atom stereocenters. The second kappa shape index (κ2) is 5.61. The number of ether oxygens (including phenoxy) is 2. The summed E-state index contributed by atoms with van der Waals surface area (Å²) in [5.74, 6) is 1.72. The van der Waals surface area contributed by atoms with E-state index in [1.54, 1.807) is 14.2 Å². The lowest BCUT2D eigenvalue weighted by Crippen LogP contribution is -2.03. The number of hydrogen-bond acceptors (Lipinski definition) is 3. The van der Waals surface area contributed by atoms with E-state index in [-0.39, 0.29) is 0 Å². The van der Waals surface area contributed by atoms with Crippen LogP contribution in [0.5, 0.6) is 11.5 Å². The molecular weight excluding hydrogens is 190 g/mol. The van der Waals surface area contributed by atoms with Crippen molar-refractivity contribution in [3.05, 3.63) is 23.3 Å². The van der Waals surface area contributed by atoms with Crippen LogP contribution in [0.4, 0.5) is 0 Å². The number of nitrogens with two attached hydrogens (primary N) is 1. The van der Waals surface area contributed by atoms with Crippen LogP contribution in [0.1, 0.15) is 17.5 Å². The summed E-state index contributed by atoms with van der Waals surface area (Å²) in [7, 11) is 3.34. The summed E-state index contributed by atoms with van der Waals surface area (Å²) in [4.78, 5) is 0. The Labute approximate surface area is 91.2 Å². The molecule has 0 spiro atoms. The van der Waals surface area contributed by atoms with Crippen molar-refractivity contribution in [2.45, 2.75) is 19.8 Å². The van der Waals surface area contributed by atoms with Crippen molar-refractivity contribution in [3.8, 4) is 11.5 Å². The molecule has 0 fully saturated rings. The number of rotatable bonds is 5. The van der Waals surface area contributed by atoms with Crippen molar-refractivity contribution >= 4 is 0 Å². The Morgan fingerprint density at radius 3 is 2.47 bits per heavy atom. The van der Waals surface area contributed by atoms with Crippen LogP contribution >= 0.6 is 0 Å².